The monoisotopic (exact) mass is 262 g/mol. The van der Waals surface area contributed by atoms with E-state index in [1.54, 1.807) is 17.0 Å². The molecule has 2 N–H and O–H groups in total. The van der Waals surface area contributed by atoms with Gasteiger partial charge in [-0.05, 0) is 24.1 Å². The molecule has 1 fully saturated rings. The summed E-state index contributed by atoms with van der Waals surface area (Å²) in [6.45, 7) is 2.52. The lowest BCUT2D eigenvalue weighted by molar-refractivity contribution is -0.129. The zero-order chi connectivity index (χ0) is 13.8. The minimum atomic E-state index is -0.383. The molecule has 0 saturated carbocycles. The van der Waals surface area contributed by atoms with Crippen LogP contribution < -0.4 is 5.32 Å². The predicted molar refractivity (Wildman–Crippen MR) is 71.7 cm³/mol. The lowest BCUT2D eigenvalue weighted by atomic mass is 10.1. The minimum absolute atomic E-state index is 0.0313. The molecule has 1 heterocycles. The number of anilines is 1. The van der Waals surface area contributed by atoms with Crippen molar-refractivity contribution in [3.8, 4) is 0 Å². The highest BCUT2D eigenvalue weighted by Gasteiger charge is 2.24. The van der Waals surface area contributed by atoms with E-state index in [1.807, 2.05) is 12.1 Å². The quantitative estimate of drug-likeness (QED) is 0.845. The summed E-state index contributed by atoms with van der Waals surface area (Å²) < 4.78 is 0. The zero-order valence-electron chi connectivity index (χ0n) is 10.9. The maximum atomic E-state index is 12.0. The summed E-state index contributed by atoms with van der Waals surface area (Å²) in [5.41, 5.74) is 1.63. The van der Waals surface area contributed by atoms with Gasteiger partial charge in [0.05, 0.1) is 12.5 Å². The van der Waals surface area contributed by atoms with Crippen molar-refractivity contribution in [3.05, 3.63) is 29.8 Å². The molecule has 5 heteroatoms. The molecular formula is C14H18N2O3. The molecule has 19 heavy (non-hydrogen) atoms. The molecule has 0 unspecified atom stereocenters. The first-order valence-electron chi connectivity index (χ1n) is 6.37. The number of rotatable bonds is 3. The van der Waals surface area contributed by atoms with Crippen LogP contribution in [-0.4, -0.2) is 41.0 Å². The van der Waals surface area contributed by atoms with E-state index in [9.17, 15) is 14.7 Å². The number of hydrogen-bond donors (Lipinski definition) is 2. The maximum absolute atomic E-state index is 12.0. The Labute approximate surface area is 112 Å². The average molecular weight is 262 g/mol. The molecule has 5 nitrogen and oxygen atoms in total. The summed E-state index contributed by atoms with van der Waals surface area (Å²) in [7, 11) is 0. The molecule has 1 saturated heterocycles. The number of β-amino-alcohol motifs (C(OH)–C–C–N with tert-alkyl or cyclic N) is 1. The number of amides is 2. The molecule has 2 rings (SSSR count). The van der Waals surface area contributed by atoms with Gasteiger partial charge >= 0.3 is 0 Å². The van der Waals surface area contributed by atoms with Crippen molar-refractivity contribution >= 4 is 17.5 Å². The number of nitrogens with one attached hydrogen (secondary N) is 1. The third-order valence-corrected chi connectivity index (χ3v) is 3.15. The number of aliphatic hydroxyl groups excluding tert-OH is 1. The number of hydrogen-bond acceptors (Lipinski definition) is 3. The summed E-state index contributed by atoms with van der Waals surface area (Å²) >= 11 is 0. The standard InChI is InChI=1S/C14H18N2O3/c1-10(17)15-12-4-2-11(3-5-12)8-14(19)16-7-6-13(18)9-16/h2-5,13,18H,6-9H2,1H3,(H,15,17)/t13-/m0/s1. The molecule has 1 aromatic rings. The SMILES string of the molecule is CC(=O)Nc1ccc(CC(=O)N2CC[C@H](O)C2)cc1. The number of benzene rings is 1. The van der Waals surface area contributed by atoms with Crippen LogP contribution >= 0.6 is 0 Å². The second-order valence-electron chi connectivity index (χ2n) is 4.84. The Hall–Kier alpha value is -1.88. The van der Waals surface area contributed by atoms with Crippen LogP contribution in [0.1, 0.15) is 18.9 Å². The topological polar surface area (TPSA) is 69.6 Å². The predicted octanol–water partition coefficient (Wildman–Crippen LogP) is 0.781. The van der Waals surface area contributed by atoms with Gasteiger partial charge in [0.1, 0.15) is 0 Å². The van der Waals surface area contributed by atoms with E-state index in [0.29, 0.717) is 25.9 Å². The van der Waals surface area contributed by atoms with Crippen molar-refractivity contribution in [2.24, 2.45) is 0 Å². The van der Waals surface area contributed by atoms with Crippen LogP contribution in [0, 0.1) is 0 Å². The fourth-order valence-corrected chi connectivity index (χ4v) is 2.16. The van der Waals surface area contributed by atoms with Gasteiger partial charge in [0.15, 0.2) is 0 Å². The third kappa shape index (κ3) is 3.79. The Morgan fingerprint density at radius 1 is 1.37 bits per heavy atom. The molecule has 1 aromatic carbocycles. The number of likely N-dealkylation sites (tertiary alicyclic amines) is 1. The molecule has 2 amide bonds. The van der Waals surface area contributed by atoms with Gasteiger partial charge in [-0.1, -0.05) is 12.1 Å². The normalized spacial score (nSPS) is 18.4. The van der Waals surface area contributed by atoms with Gasteiger partial charge in [-0.15, -0.1) is 0 Å². The highest BCUT2D eigenvalue weighted by atomic mass is 16.3. The van der Waals surface area contributed by atoms with Crippen molar-refractivity contribution in [3.63, 3.8) is 0 Å². The molecule has 0 aliphatic carbocycles. The van der Waals surface area contributed by atoms with Crippen LogP contribution in [0.2, 0.25) is 0 Å². The van der Waals surface area contributed by atoms with Gasteiger partial charge < -0.3 is 15.3 Å². The second kappa shape index (κ2) is 5.84. The van der Waals surface area contributed by atoms with Crippen molar-refractivity contribution in [2.75, 3.05) is 18.4 Å². The fourth-order valence-electron chi connectivity index (χ4n) is 2.16. The summed E-state index contributed by atoms with van der Waals surface area (Å²) in [5, 5.41) is 12.1. The third-order valence-electron chi connectivity index (χ3n) is 3.15. The smallest absolute Gasteiger partial charge is 0.227 e. The lowest BCUT2D eigenvalue weighted by Crippen LogP contribution is -2.30. The van der Waals surface area contributed by atoms with Crippen LogP contribution in [0.4, 0.5) is 5.69 Å². The highest BCUT2D eigenvalue weighted by molar-refractivity contribution is 5.88. The largest absolute Gasteiger partial charge is 0.391 e. The van der Waals surface area contributed by atoms with Crippen LogP contribution in [0.15, 0.2) is 24.3 Å². The lowest BCUT2D eigenvalue weighted by Gasteiger charge is -2.15. The summed E-state index contributed by atoms with van der Waals surface area (Å²) in [4.78, 5) is 24.5. The number of nitrogens with zero attached hydrogens (tertiary/aromatic N) is 1. The number of aliphatic hydroxyl groups is 1. The molecule has 0 spiro atoms. The van der Waals surface area contributed by atoms with Crippen LogP contribution in [0.3, 0.4) is 0 Å². The molecule has 0 radical (unpaired) electrons. The van der Waals surface area contributed by atoms with Crippen molar-refractivity contribution in [1.29, 1.82) is 0 Å². The van der Waals surface area contributed by atoms with E-state index in [1.165, 1.54) is 6.92 Å². The van der Waals surface area contributed by atoms with Gasteiger partial charge in [-0.3, -0.25) is 9.59 Å². The Bertz CT molecular complexity index is 470. The molecule has 0 bridgehead atoms. The maximum Gasteiger partial charge on any atom is 0.227 e. The van der Waals surface area contributed by atoms with E-state index >= 15 is 0 Å². The van der Waals surface area contributed by atoms with Crippen molar-refractivity contribution in [1.82, 2.24) is 4.90 Å². The van der Waals surface area contributed by atoms with E-state index in [4.69, 9.17) is 0 Å². The zero-order valence-corrected chi connectivity index (χ0v) is 10.9. The van der Waals surface area contributed by atoms with Gasteiger partial charge in [0, 0.05) is 25.7 Å². The fraction of sp³-hybridized carbons (Fsp3) is 0.429. The van der Waals surface area contributed by atoms with Gasteiger partial charge in [0.25, 0.3) is 0 Å². The Balaban J connectivity index is 1.92. The Morgan fingerprint density at radius 2 is 2.05 bits per heavy atom. The molecule has 1 aliphatic rings. The van der Waals surface area contributed by atoms with Gasteiger partial charge in [-0.25, -0.2) is 0 Å². The molecule has 102 valence electrons. The van der Waals surface area contributed by atoms with E-state index in [2.05, 4.69) is 5.32 Å². The highest BCUT2D eigenvalue weighted by Crippen LogP contribution is 2.14. The number of carbonyl (C=O) groups is 2. The first-order valence-corrected chi connectivity index (χ1v) is 6.37. The first kappa shape index (κ1) is 13.5. The van der Waals surface area contributed by atoms with E-state index < -0.39 is 0 Å². The molecule has 0 aromatic heterocycles. The summed E-state index contributed by atoms with van der Waals surface area (Å²) in [6.07, 6.45) is 0.603. The average Bonchev–Trinajstić information content (AvgIpc) is 2.78. The van der Waals surface area contributed by atoms with Crippen LogP contribution in [-0.2, 0) is 16.0 Å². The molecular weight excluding hydrogens is 244 g/mol. The van der Waals surface area contributed by atoms with Crippen LogP contribution in [0.5, 0.6) is 0 Å². The molecule has 1 aliphatic heterocycles. The van der Waals surface area contributed by atoms with Gasteiger partial charge in [-0.2, -0.15) is 0 Å². The first-order chi connectivity index (χ1) is 9.04. The number of carbonyl (C=O) groups excluding carboxylic acids is 2. The Kier molecular flexibility index (Phi) is 4.16. The van der Waals surface area contributed by atoms with E-state index in [-0.39, 0.29) is 17.9 Å². The van der Waals surface area contributed by atoms with Gasteiger partial charge in [0.2, 0.25) is 11.8 Å². The Morgan fingerprint density at radius 3 is 2.58 bits per heavy atom. The van der Waals surface area contributed by atoms with Crippen molar-refractivity contribution in [2.45, 2.75) is 25.9 Å². The van der Waals surface area contributed by atoms with Crippen molar-refractivity contribution < 1.29 is 14.7 Å². The summed E-state index contributed by atoms with van der Waals surface area (Å²) in [5.74, 6) is -0.0845. The molecule has 1 atom stereocenters. The summed E-state index contributed by atoms with van der Waals surface area (Å²) in [6, 6.07) is 7.22. The van der Waals surface area contributed by atoms with Crippen LogP contribution in [0.25, 0.3) is 0 Å². The van der Waals surface area contributed by atoms with E-state index in [0.717, 1.165) is 11.3 Å². The second-order valence-corrected chi connectivity index (χ2v) is 4.84. The minimum Gasteiger partial charge on any atom is -0.391 e.